The van der Waals surface area contributed by atoms with Gasteiger partial charge in [-0.3, -0.25) is 0 Å². The molecule has 6 heteroatoms. The number of nitrogens with zero attached hydrogens (tertiary/aromatic N) is 3. The van der Waals surface area contributed by atoms with Crippen LogP contribution >= 0.6 is 23.2 Å². The van der Waals surface area contributed by atoms with Gasteiger partial charge in [0.25, 0.3) is 0 Å². The third-order valence-electron chi connectivity index (χ3n) is 0.793. The lowest BCUT2D eigenvalue weighted by Crippen LogP contribution is -1.80. The van der Waals surface area contributed by atoms with Crippen LogP contribution in [0.15, 0.2) is 11.4 Å². The summed E-state index contributed by atoms with van der Waals surface area (Å²) in [4.78, 5) is 16.8. The Hall–Kier alpha value is -0.740. The molecule has 0 fully saturated rings. The Morgan fingerprint density at radius 1 is 1.50 bits per heavy atom. The molecule has 1 aromatic heterocycles. The zero-order chi connectivity index (χ0) is 7.56. The normalized spacial score (nSPS) is 9.40. The van der Waals surface area contributed by atoms with E-state index < -0.39 is 0 Å². The van der Waals surface area contributed by atoms with E-state index in [4.69, 9.17) is 23.2 Å². The molecule has 0 amide bonds. The number of aromatic nitrogens is 2. The molecule has 0 atom stereocenters. The predicted molar refractivity (Wildman–Crippen MR) is 37.5 cm³/mol. The van der Waals surface area contributed by atoms with Crippen molar-refractivity contribution < 1.29 is 0 Å². The van der Waals surface area contributed by atoms with Crippen LogP contribution < -0.4 is 0 Å². The Morgan fingerprint density at radius 3 is 2.70 bits per heavy atom. The molecule has 0 saturated carbocycles. The molecule has 0 bridgehead atoms. The Bertz CT molecular complexity index is 265. The van der Waals surface area contributed by atoms with Gasteiger partial charge in [0, 0.05) is 0 Å². The number of hydrogen-bond acceptors (Lipinski definition) is 4. The minimum atomic E-state index is -0.0324. The van der Waals surface area contributed by atoms with Crippen LogP contribution in [0.5, 0.6) is 0 Å². The molecule has 1 rings (SSSR count). The lowest BCUT2D eigenvalue weighted by Gasteiger charge is -1.90. The van der Waals surface area contributed by atoms with Gasteiger partial charge in [0.2, 0.25) is 5.28 Å². The van der Waals surface area contributed by atoms with Crippen molar-refractivity contribution >= 4 is 28.9 Å². The highest BCUT2D eigenvalue weighted by Gasteiger charge is 2.01. The monoisotopic (exact) mass is 177 g/mol. The molecule has 0 saturated heterocycles. The molecule has 4 nitrogen and oxygen atoms in total. The van der Waals surface area contributed by atoms with E-state index in [1.807, 2.05) is 0 Å². The molecule has 0 radical (unpaired) electrons. The number of hydrogen-bond donors (Lipinski definition) is 0. The predicted octanol–water partition coefficient (Wildman–Crippen LogP) is 2.18. The standard InChI is InChI=1S/C4HCl2N3O/c5-3-2(9-10)1-7-4(6)8-3/h1H. The van der Waals surface area contributed by atoms with Gasteiger partial charge in [0.05, 0.1) is 6.20 Å². The van der Waals surface area contributed by atoms with Crippen LogP contribution in [0.4, 0.5) is 5.69 Å². The highest BCUT2D eigenvalue weighted by atomic mass is 35.5. The van der Waals surface area contributed by atoms with E-state index in [1.165, 1.54) is 0 Å². The van der Waals surface area contributed by atoms with Gasteiger partial charge in [0.1, 0.15) is 0 Å². The van der Waals surface area contributed by atoms with Crippen LogP contribution in [0, 0.1) is 4.91 Å². The summed E-state index contributed by atoms with van der Waals surface area (Å²) < 4.78 is 0. The number of nitroso groups, excluding NO2 is 1. The molecule has 0 aliphatic rings. The second kappa shape index (κ2) is 2.90. The van der Waals surface area contributed by atoms with Crippen molar-refractivity contribution in [3.8, 4) is 0 Å². The second-order valence-corrected chi connectivity index (χ2v) is 2.10. The maximum absolute atomic E-state index is 9.88. The van der Waals surface area contributed by atoms with Gasteiger partial charge in [-0.05, 0) is 16.8 Å². The lowest BCUT2D eigenvalue weighted by molar-refractivity contribution is 1.16. The summed E-state index contributed by atoms with van der Waals surface area (Å²) in [6.07, 6.45) is 1.16. The molecule has 0 aliphatic heterocycles. The highest BCUT2D eigenvalue weighted by molar-refractivity contribution is 6.33. The third kappa shape index (κ3) is 1.40. The minimum Gasteiger partial charge on any atom is -0.224 e. The maximum atomic E-state index is 9.88. The molecule has 1 heterocycles. The van der Waals surface area contributed by atoms with Gasteiger partial charge in [-0.25, -0.2) is 9.97 Å². The van der Waals surface area contributed by atoms with Crippen molar-refractivity contribution in [2.75, 3.05) is 0 Å². The van der Waals surface area contributed by atoms with Gasteiger partial charge >= 0.3 is 0 Å². The van der Waals surface area contributed by atoms with Crippen molar-refractivity contribution in [1.82, 2.24) is 9.97 Å². The summed E-state index contributed by atoms with van der Waals surface area (Å²) in [6.45, 7) is 0. The van der Waals surface area contributed by atoms with Crippen LogP contribution in [0.1, 0.15) is 0 Å². The zero-order valence-electron chi connectivity index (χ0n) is 4.58. The highest BCUT2D eigenvalue weighted by Crippen LogP contribution is 2.21. The third-order valence-corrected chi connectivity index (χ3v) is 1.25. The van der Waals surface area contributed by atoms with Gasteiger partial charge in [0.15, 0.2) is 10.8 Å². The van der Waals surface area contributed by atoms with Crippen molar-refractivity contribution in [3.05, 3.63) is 21.5 Å². The van der Waals surface area contributed by atoms with Crippen molar-refractivity contribution in [1.29, 1.82) is 0 Å². The fourth-order valence-corrected chi connectivity index (χ4v) is 0.736. The Morgan fingerprint density at radius 2 is 2.20 bits per heavy atom. The molecule has 10 heavy (non-hydrogen) atoms. The van der Waals surface area contributed by atoms with E-state index in [0.717, 1.165) is 6.20 Å². The zero-order valence-corrected chi connectivity index (χ0v) is 6.10. The average Bonchev–Trinajstić information content (AvgIpc) is 1.88. The molecule has 0 unspecified atom stereocenters. The molecule has 0 aromatic carbocycles. The summed E-state index contributed by atoms with van der Waals surface area (Å²) in [5.74, 6) is 0. The molecule has 0 aliphatic carbocycles. The van der Waals surface area contributed by atoms with Crippen molar-refractivity contribution in [3.63, 3.8) is 0 Å². The Kier molecular flexibility index (Phi) is 2.13. The fraction of sp³-hybridized carbons (Fsp3) is 0. The van der Waals surface area contributed by atoms with Crippen LogP contribution in [0.2, 0.25) is 10.4 Å². The molecular formula is C4HCl2N3O. The number of halogens is 2. The van der Waals surface area contributed by atoms with E-state index in [1.54, 1.807) is 0 Å². The summed E-state index contributed by atoms with van der Waals surface area (Å²) >= 11 is 10.7. The first kappa shape index (κ1) is 7.37. The largest absolute Gasteiger partial charge is 0.224 e. The fourth-order valence-electron chi connectivity index (χ4n) is 0.396. The van der Waals surface area contributed by atoms with E-state index in [-0.39, 0.29) is 16.1 Å². The van der Waals surface area contributed by atoms with E-state index in [0.29, 0.717) is 0 Å². The van der Waals surface area contributed by atoms with Gasteiger partial charge in [-0.2, -0.15) is 0 Å². The SMILES string of the molecule is O=Nc1cnc(Cl)nc1Cl. The van der Waals surface area contributed by atoms with Crippen LogP contribution in [-0.2, 0) is 0 Å². The first-order valence-corrected chi connectivity index (χ1v) is 3.01. The van der Waals surface area contributed by atoms with Crippen LogP contribution in [-0.4, -0.2) is 9.97 Å². The molecule has 1 aromatic rings. The number of rotatable bonds is 1. The Balaban J connectivity index is 3.19. The van der Waals surface area contributed by atoms with Gasteiger partial charge in [-0.1, -0.05) is 11.6 Å². The van der Waals surface area contributed by atoms with Crippen LogP contribution in [0.3, 0.4) is 0 Å². The topological polar surface area (TPSA) is 55.2 Å². The molecular weight excluding hydrogens is 177 g/mol. The summed E-state index contributed by atoms with van der Waals surface area (Å²) in [7, 11) is 0. The molecule has 52 valence electrons. The second-order valence-electron chi connectivity index (χ2n) is 1.41. The summed E-state index contributed by atoms with van der Waals surface area (Å²) in [5.41, 5.74) is -0.00827. The summed E-state index contributed by atoms with van der Waals surface area (Å²) in [5, 5.41) is 2.51. The van der Waals surface area contributed by atoms with Gasteiger partial charge in [-0.15, -0.1) is 4.91 Å². The lowest BCUT2D eigenvalue weighted by atomic mass is 10.6. The van der Waals surface area contributed by atoms with Crippen molar-refractivity contribution in [2.45, 2.75) is 0 Å². The van der Waals surface area contributed by atoms with E-state index in [9.17, 15) is 4.91 Å². The smallest absolute Gasteiger partial charge is 0.223 e. The first-order chi connectivity index (χ1) is 4.74. The average molecular weight is 178 g/mol. The van der Waals surface area contributed by atoms with Gasteiger partial charge < -0.3 is 0 Å². The van der Waals surface area contributed by atoms with Crippen LogP contribution in [0.25, 0.3) is 0 Å². The van der Waals surface area contributed by atoms with E-state index in [2.05, 4.69) is 15.1 Å². The molecule has 0 N–H and O–H groups in total. The summed E-state index contributed by atoms with van der Waals surface area (Å²) in [6, 6.07) is 0. The van der Waals surface area contributed by atoms with Crippen molar-refractivity contribution in [2.24, 2.45) is 5.18 Å². The van der Waals surface area contributed by atoms with E-state index >= 15 is 0 Å². The maximum Gasteiger partial charge on any atom is 0.223 e. The quantitative estimate of drug-likeness (QED) is 0.376. The Labute approximate surface area is 66.2 Å². The molecule has 0 spiro atoms. The first-order valence-electron chi connectivity index (χ1n) is 2.25. The minimum absolute atomic E-state index is 0.00241.